The molecule has 0 amide bonds. The molecule has 0 spiro atoms. The Labute approximate surface area is 68.8 Å². The Balaban J connectivity index is 2.70. The minimum Gasteiger partial charge on any atom is -0.481 e. The van der Waals surface area contributed by atoms with Crippen LogP contribution in [0.5, 0.6) is 0 Å². The fraction of sp³-hybridized carbons (Fsp3) is 0.286. The number of nitrogens with one attached hydrogen (secondary N) is 1. The maximum absolute atomic E-state index is 10.2. The van der Waals surface area contributed by atoms with Crippen molar-refractivity contribution in [3.05, 3.63) is 23.8 Å². The van der Waals surface area contributed by atoms with E-state index >= 15 is 0 Å². The SMILES string of the molecule is N=c1cccnn1CCC(=O)O. The molecule has 1 aromatic rings. The number of hydrogen-bond donors (Lipinski definition) is 2. The molecule has 0 saturated heterocycles. The Kier molecular flexibility index (Phi) is 2.57. The van der Waals surface area contributed by atoms with Gasteiger partial charge in [0.05, 0.1) is 13.0 Å². The van der Waals surface area contributed by atoms with Crippen LogP contribution in [0.15, 0.2) is 18.3 Å². The van der Waals surface area contributed by atoms with Crippen LogP contribution in [-0.4, -0.2) is 20.9 Å². The molecule has 0 aliphatic heterocycles. The van der Waals surface area contributed by atoms with Gasteiger partial charge >= 0.3 is 5.97 Å². The molecule has 5 nitrogen and oxygen atoms in total. The van der Waals surface area contributed by atoms with Gasteiger partial charge in [0.15, 0.2) is 0 Å². The first-order chi connectivity index (χ1) is 5.70. The van der Waals surface area contributed by atoms with Crippen molar-refractivity contribution in [3.8, 4) is 0 Å². The van der Waals surface area contributed by atoms with Crippen LogP contribution in [0.4, 0.5) is 0 Å². The quantitative estimate of drug-likeness (QED) is 0.656. The number of carbonyl (C=O) groups is 1. The molecule has 1 aromatic heterocycles. The summed E-state index contributed by atoms with van der Waals surface area (Å²) >= 11 is 0. The number of hydrogen-bond acceptors (Lipinski definition) is 3. The molecule has 0 fully saturated rings. The molecule has 0 unspecified atom stereocenters. The average molecular weight is 167 g/mol. The van der Waals surface area contributed by atoms with E-state index in [-0.39, 0.29) is 18.5 Å². The molecule has 0 bridgehead atoms. The third-order valence-corrected chi connectivity index (χ3v) is 1.36. The van der Waals surface area contributed by atoms with Crippen LogP contribution in [0, 0.1) is 5.41 Å². The van der Waals surface area contributed by atoms with E-state index in [4.69, 9.17) is 10.5 Å². The molecule has 0 atom stereocenters. The van der Waals surface area contributed by atoms with Gasteiger partial charge in [0.2, 0.25) is 0 Å². The van der Waals surface area contributed by atoms with Gasteiger partial charge in [-0.1, -0.05) is 0 Å². The maximum Gasteiger partial charge on any atom is 0.305 e. The number of nitrogens with zero attached hydrogens (tertiary/aromatic N) is 2. The Hall–Kier alpha value is -1.65. The summed E-state index contributed by atoms with van der Waals surface area (Å²) in [7, 11) is 0. The lowest BCUT2D eigenvalue weighted by molar-refractivity contribution is -0.137. The van der Waals surface area contributed by atoms with E-state index < -0.39 is 5.97 Å². The van der Waals surface area contributed by atoms with Crippen LogP contribution in [0.2, 0.25) is 0 Å². The van der Waals surface area contributed by atoms with E-state index in [9.17, 15) is 4.79 Å². The number of aryl methyl sites for hydroxylation is 1. The molecule has 2 N–H and O–H groups in total. The highest BCUT2D eigenvalue weighted by Gasteiger charge is 1.97. The number of carboxylic acid groups (broad SMARTS) is 1. The minimum atomic E-state index is -0.882. The summed E-state index contributed by atoms with van der Waals surface area (Å²) < 4.78 is 1.34. The normalized spacial score (nSPS) is 9.67. The van der Waals surface area contributed by atoms with E-state index in [1.54, 1.807) is 12.1 Å². The zero-order valence-electron chi connectivity index (χ0n) is 6.40. The number of aliphatic carboxylic acids is 1. The largest absolute Gasteiger partial charge is 0.481 e. The Morgan fingerprint density at radius 3 is 3.08 bits per heavy atom. The van der Waals surface area contributed by atoms with Crippen LogP contribution >= 0.6 is 0 Å². The Morgan fingerprint density at radius 1 is 1.75 bits per heavy atom. The second kappa shape index (κ2) is 3.66. The van der Waals surface area contributed by atoms with E-state index in [2.05, 4.69) is 5.10 Å². The van der Waals surface area contributed by atoms with Gasteiger partial charge in [-0.05, 0) is 12.1 Å². The van der Waals surface area contributed by atoms with Crippen molar-refractivity contribution >= 4 is 5.97 Å². The minimum absolute atomic E-state index is 0.00639. The number of carboxylic acids is 1. The van der Waals surface area contributed by atoms with Gasteiger partial charge in [-0.15, -0.1) is 0 Å². The number of rotatable bonds is 3. The zero-order chi connectivity index (χ0) is 8.97. The smallest absolute Gasteiger partial charge is 0.305 e. The highest BCUT2D eigenvalue weighted by atomic mass is 16.4. The Morgan fingerprint density at radius 2 is 2.50 bits per heavy atom. The molecule has 1 rings (SSSR count). The van der Waals surface area contributed by atoms with E-state index in [0.717, 1.165) is 0 Å². The highest BCUT2D eigenvalue weighted by molar-refractivity contribution is 5.66. The monoisotopic (exact) mass is 167 g/mol. The third-order valence-electron chi connectivity index (χ3n) is 1.36. The van der Waals surface area contributed by atoms with Crippen molar-refractivity contribution < 1.29 is 9.90 Å². The highest BCUT2D eigenvalue weighted by Crippen LogP contribution is 1.83. The molecular weight excluding hydrogens is 158 g/mol. The summed E-state index contributed by atoms with van der Waals surface area (Å²) in [6.45, 7) is 0.245. The molecule has 0 aliphatic carbocycles. The predicted molar refractivity (Wildman–Crippen MR) is 40.3 cm³/mol. The molecule has 0 aromatic carbocycles. The molecule has 0 aliphatic rings. The van der Waals surface area contributed by atoms with Gasteiger partial charge in [-0.3, -0.25) is 10.2 Å². The summed E-state index contributed by atoms with van der Waals surface area (Å²) in [5.41, 5.74) is 0.221. The van der Waals surface area contributed by atoms with Gasteiger partial charge < -0.3 is 5.11 Å². The second-order valence-corrected chi connectivity index (χ2v) is 2.28. The fourth-order valence-corrected chi connectivity index (χ4v) is 0.781. The van der Waals surface area contributed by atoms with Gasteiger partial charge in [-0.2, -0.15) is 5.10 Å². The van der Waals surface area contributed by atoms with Crippen LogP contribution in [0.1, 0.15) is 6.42 Å². The molecule has 64 valence electrons. The third kappa shape index (κ3) is 2.19. The standard InChI is InChI=1S/C7H9N3O2/c8-6-2-1-4-9-10(6)5-3-7(11)12/h1-2,4,8H,3,5H2,(H,11,12). The summed E-state index contributed by atoms with van der Waals surface area (Å²) in [6.07, 6.45) is 1.52. The first-order valence-corrected chi connectivity index (χ1v) is 3.48. The fourth-order valence-electron chi connectivity index (χ4n) is 0.781. The second-order valence-electron chi connectivity index (χ2n) is 2.28. The predicted octanol–water partition coefficient (Wildman–Crippen LogP) is -0.163. The van der Waals surface area contributed by atoms with E-state index in [0.29, 0.717) is 0 Å². The van der Waals surface area contributed by atoms with Gasteiger partial charge in [0.25, 0.3) is 0 Å². The molecular formula is C7H9N3O2. The van der Waals surface area contributed by atoms with E-state index in [1.165, 1.54) is 10.9 Å². The van der Waals surface area contributed by atoms with Crippen LogP contribution in [-0.2, 0) is 11.3 Å². The van der Waals surface area contributed by atoms with Crippen molar-refractivity contribution in [3.63, 3.8) is 0 Å². The summed E-state index contributed by atoms with van der Waals surface area (Å²) in [5, 5.41) is 19.5. The van der Waals surface area contributed by atoms with Gasteiger partial charge in [-0.25, -0.2) is 4.68 Å². The van der Waals surface area contributed by atoms with Crippen molar-refractivity contribution in [2.45, 2.75) is 13.0 Å². The molecule has 1 heterocycles. The van der Waals surface area contributed by atoms with Crippen LogP contribution < -0.4 is 5.49 Å². The maximum atomic E-state index is 10.2. The lowest BCUT2D eigenvalue weighted by atomic mass is 10.4. The van der Waals surface area contributed by atoms with E-state index in [1.807, 2.05) is 0 Å². The van der Waals surface area contributed by atoms with Gasteiger partial charge in [0.1, 0.15) is 5.49 Å². The average Bonchev–Trinajstić information content (AvgIpc) is 2.03. The summed E-state index contributed by atoms with van der Waals surface area (Å²) in [5.74, 6) is -0.882. The molecule has 0 radical (unpaired) electrons. The van der Waals surface area contributed by atoms with Crippen molar-refractivity contribution in [2.24, 2.45) is 0 Å². The Bertz CT molecular complexity index is 331. The molecule has 0 saturated carbocycles. The van der Waals surface area contributed by atoms with Crippen molar-refractivity contribution in [1.29, 1.82) is 5.41 Å². The van der Waals surface area contributed by atoms with Crippen molar-refractivity contribution in [2.75, 3.05) is 0 Å². The molecule has 12 heavy (non-hydrogen) atoms. The topological polar surface area (TPSA) is 79.0 Å². The zero-order valence-corrected chi connectivity index (χ0v) is 6.40. The van der Waals surface area contributed by atoms with Crippen LogP contribution in [0.25, 0.3) is 0 Å². The summed E-state index contributed by atoms with van der Waals surface area (Å²) in [6, 6.07) is 3.20. The molecule has 5 heteroatoms. The van der Waals surface area contributed by atoms with Crippen molar-refractivity contribution in [1.82, 2.24) is 9.78 Å². The lowest BCUT2D eigenvalue weighted by Gasteiger charge is -2.00. The number of aromatic nitrogens is 2. The van der Waals surface area contributed by atoms with Crippen LogP contribution in [0.3, 0.4) is 0 Å². The van der Waals surface area contributed by atoms with Gasteiger partial charge in [0, 0.05) is 6.20 Å². The lowest BCUT2D eigenvalue weighted by Crippen LogP contribution is -2.22. The summed E-state index contributed by atoms with van der Waals surface area (Å²) in [4.78, 5) is 10.2. The first-order valence-electron chi connectivity index (χ1n) is 3.48. The first kappa shape index (κ1) is 8.45.